The number of hydrogen-bond donors (Lipinski definition) is 2. The number of benzene rings is 1. The Morgan fingerprint density at radius 3 is 2.53 bits per heavy atom. The van der Waals surface area contributed by atoms with Gasteiger partial charge in [-0.2, -0.15) is 0 Å². The zero-order valence-corrected chi connectivity index (χ0v) is 9.18. The summed E-state index contributed by atoms with van der Waals surface area (Å²) in [6.07, 6.45) is -0.474. The number of aliphatic hydroxyl groups excluding tert-OH is 1. The predicted octanol–water partition coefficient (Wildman–Crippen LogP) is 0.712. The summed E-state index contributed by atoms with van der Waals surface area (Å²) in [4.78, 5) is 1.96. The van der Waals surface area contributed by atoms with Gasteiger partial charge in [0.2, 0.25) is 0 Å². The van der Waals surface area contributed by atoms with E-state index in [4.69, 9.17) is 10.5 Å². The molecule has 0 spiro atoms. The van der Waals surface area contributed by atoms with Crippen molar-refractivity contribution in [2.24, 2.45) is 0 Å². The lowest BCUT2D eigenvalue weighted by molar-refractivity contribution is 0.0695. The van der Waals surface area contributed by atoms with E-state index in [0.717, 1.165) is 11.4 Å². The van der Waals surface area contributed by atoms with Crippen molar-refractivity contribution in [1.29, 1.82) is 0 Å². The number of methoxy groups -OCH3 is 1. The molecule has 4 nitrogen and oxygen atoms in total. The van der Waals surface area contributed by atoms with Gasteiger partial charge in [-0.15, -0.1) is 0 Å². The summed E-state index contributed by atoms with van der Waals surface area (Å²) in [6, 6.07) is 7.53. The molecule has 1 aromatic rings. The first-order valence-corrected chi connectivity index (χ1v) is 4.87. The Kier molecular flexibility index (Phi) is 4.39. The Hall–Kier alpha value is -1.26. The smallest absolute Gasteiger partial charge is 0.0947 e. The average Bonchev–Trinajstić information content (AvgIpc) is 2.18. The number of rotatable bonds is 5. The molecule has 0 aliphatic heterocycles. The zero-order valence-electron chi connectivity index (χ0n) is 9.18. The van der Waals surface area contributed by atoms with Gasteiger partial charge in [0.1, 0.15) is 0 Å². The van der Waals surface area contributed by atoms with Crippen molar-refractivity contribution in [1.82, 2.24) is 0 Å². The first-order valence-electron chi connectivity index (χ1n) is 4.87. The van der Waals surface area contributed by atoms with E-state index in [1.54, 1.807) is 7.11 Å². The minimum Gasteiger partial charge on any atom is -0.399 e. The van der Waals surface area contributed by atoms with Crippen molar-refractivity contribution < 1.29 is 9.84 Å². The molecule has 0 aromatic heterocycles. The number of nitrogen functional groups attached to an aromatic ring is 1. The molecule has 1 aromatic carbocycles. The fourth-order valence-electron chi connectivity index (χ4n) is 1.40. The molecule has 84 valence electrons. The van der Waals surface area contributed by atoms with Gasteiger partial charge >= 0.3 is 0 Å². The molecular weight excluding hydrogens is 192 g/mol. The Bertz CT molecular complexity index is 287. The second-order valence-corrected chi connectivity index (χ2v) is 3.58. The minimum atomic E-state index is -0.474. The minimum absolute atomic E-state index is 0.347. The summed E-state index contributed by atoms with van der Waals surface area (Å²) in [5.41, 5.74) is 7.36. The highest BCUT2D eigenvalue weighted by atomic mass is 16.5. The lowest BCUT2D eigenvalue weighted by Gasteiger charge is -2.22. The SMILES string of the molecule is COCC(O)CN(C)c1ccc(N)cc1. The monoisotopic (exact) mass is 210 g/mol. The highest BCUT2D eigenvalue weighted by Gasteiger charge is 2.07. The normalized spacial score (nSPS) is 12.5. The molecule has 0 heterocycles. The van der Waals surface area contributed by atoms with Crippen LogP contribution in [0, 0.1) is 0 Å². The third-order valence-corrected chi connectivity index (χ3v) is 2.18. The third kappa shape index (κ3) is 3.77. The van der Waals surface area contributed by atoms with Crippen LogP contribution in [0.2, 0.25) is 0 Å². The van der Waals surface area contributed by atoms with Crippen LogP contribution in [0.15, 0.2) is 24.3 Å². The van der Waals surface area contributed by atoms with Crippen LogP contribution < -0.4 is 10.6 Å². The van der Waals surface area contributed by atoms with E-state index in [9.17, 15) is 5.11 Å². The first kappa shape index (κ1) is 11.8. The van der Waals surface area contributed by atoms with Crippen LogP contribution in [0.4, 0.5) is 11.4 Å². The highest BCUT2D eigenvalue weighted by Crippen LogP contribution is 2.14. The van der Waals surface area contributed by atoms with Crippen LogP contribution in [0.3, 0.4) is 0 Å². The maximum absolute atomic E-state index is 9.54. The van der Waals surface area contributed by atoms with E-state index in [2.05, 4.69) is 0 Å². The molecule has 1 rings (SSSR count). The molecule has 1 unspecified atom stereocenters. The summed E-state index contributed by atoms with van der Waals surface area (Å²) < 4.78 is 4.86. The Balaban J connectivity index is 2.53. The molecule has 0 saturated carbocycles. The van der Waals surface area contributed by atoms with Crippen molar-refractivity contribution in [2.75, 3.05) is 37.9 Å². The summed E-state index contributed by atoms with van der Waals surface area (Å²) in [5, 5.41) is 9.54. The molecule has 0 fully saturated rings. The molecular formula is C11H18N2O2. The number of ether oxygens (including phenoxy) is 1. The van der Waals surface area contributed by atoms with Gasteiger partial charge in [-0.1, -0.05) is 0 Å². The standard InChI is InChI=1S/C11H18N2O2/c1-13(7-11(14)8-15-2)10-5-3-9(12)4-6-10/h3-6,11,14H,7-8,12H2,1-2H3. The second-order valence-electron chi connectivity index (χ2n) is 3.58. The van der Waals surface area contributed by atoms with E-state index >= 15 is 0 Å². The summed E-state index contributed by atoms with van der Waals surface area (Å²) in [7, 11) is 3.50. The quantitative estimate of drug-likeness (QED) is 0.703. The van der Waals surface area contributed by atoms with E-state index in [0.29, 0.717) is 13.2 Å². The van der Waals surface area contributed by atoms with Crippen LogP contribution in [-0.4, -0.2) is 38.5 Å². The Morgan fingerprint density at radius 1 is 1.40 bits per heavy atom. The van der Waals surface area contributed by atoms with E-state index in [-0.39, 0.29) is 0 Å². The topological polar surface area (TPSA) is 58.7 Å². The van der Waals surface area contributed by atoms with Gasteiger partial charge in [0.25, 0.3) is 0 Å². The average molecular weight is 210 g/mol. The van der Waals surface area contributed by atoms with Gasteiger partial charge < -0.3 is 20.5 Å². The van der Waals surface area contributed by atoms with Crippen LogP contribution >= 0.6 is 0 Å². The second kappa shape index (κ2) is 5.58. The van der Waals surface area contributed by atoms with Gasteiger partial charge in [-0.25, -0.2) is 0 Å². The van der Waals surface area contributed by atoms with Crippen LogP contribution in [-0.2, 0) is 4.74 Å². The molecule has 0 aliphatic rings. The Labute approximate surface area is 90.3 Å². The lowest BCUT2D eigenvalue weighted by Crippen LogP contribution is -2.31. The third-order valence-electron chi connectivity index (χ3n) is 2.18. The molecule has 0 bridgehead atoms. The maximum atomic E-state index is 9.54. The zero-order chi connectivity index (χ0) is 11.3. The van der Waals surface area contributed by atoms with E-state index in [1.165, 1.54) is 0 Å². The fraction of sp³-hybridized carbons (Fsp3) is 0.455. The van der Waals surface area contributed by atoms with Crippen LogP contribution in [0.25, 0.3) is 0 Å². The number of nitrogens with two attached hydrogens (primary N) is 1. The van der Waals surface area contributed by atoms with Gasteiger partial charge in [-0.05, 0) is 24.3 Å². The predicted molar refractivity (Wildman–Crippen MR) is 62.0 cm³/mol. The molecule has 0 radical (unpaired) electrons. The van der Waals surface area contributed by atoms with Crippen molar-refractivity contribution in [3.63, 3.8) is 0 Å². The van der Waals surface area contributed by atoms with Gasteiger partial charge in [-0.3, -0.25) is 0 Å². The summed E-state index contributed by atoms with van der Waals surface area (Å²) in [5.74, 6) is 0. The number of hydrogen-bond acceptors (Lipinski definition) is 4. The van der Waals surface area contributed by atoms with Gasteiger partial charge in [0.15, 0.2) is 0 Å². The molecule has 0 amide bonds. The first-order chi connectivity index (χ1) is 7.13. The molecule has 0 aliphatic carbocycles. The van der Waals surface area contributed by atoms with Crippen molar-refractivity contribution in [3.05, 3.63) is 24.3 Å². The van der Waals surface area contributed by atoms with Crippen molar-refractivity contribution in [3.8, 4) is 0 Å². The van der Waals surface area contributed by atoms with Crippen molar-refractivity contribution >= 4 is 11.4 Å². The lowest BCUT2D eigenvalue weighted by atomic mass is 10.2. The van der Waals surface area contributed by atoms with E-state index in [1.807, 2.05) is 36.2 Å². The molecule has 15 heavy (non-hydrogen) atoms. The van der Waals surface area contributed by atoms with Gasteiger partial charge in [0, 0.05) is 32.1 Å². The number of aliphatic hydroxyl groups is 1. The summed E-state index contributed by atoms with van der Waals surface area (Å²) in [6.45, 7) is 0.886. The fourth-order valence-corrected chi connectivity index (χ4v) is 1.40. The number of likely N-dealkylation sites (N-methyl/N-ethyl adjacent to an activating group) is 1. The molecule has 1 atom stereocenters. The van der Waals surface area contributed by atoms with Crippen LogP contribution in [0.1, 0.15) is 0 Å². The van der Waals surface area contributed by atoms with E-state index < -0.39 is 6.10 Å². The number of nitrogens with zero attached hydrogens (tertiary/aromatic N) is 1. The van der Waals surface area contributed by atoms with Crippen LogP contribution in [0.5, 0.6) is 0 Å². The number of anilines is 2. The summed E-state index contributed by atoms with van der Waals surface area (Å²) >= 11 is 0. The largest absolute Gasteiger partial charge is 0.399 e. The van der Waals surface area contributed by atoms with Gasteiger partial charge in [0.05, 0.1) is 12.7 Å². The van der Waals surface area contributed by atoms with Crippen molar-refractivity contribution in [2.45, 2.75) is 6.10 Å². The Morgan fingerprint density at radius 2 is 2.00 bits per heavy atom. The molecule has 3 N–H and O–H groups in total. The highest BCUT2D eigenvalue weighted by molar-refractivity contribution is 5.52. The maximum Gasteiger partial charge on any atom is 0.0947 e. The molecule has 4 heteroatoms. The molecule has 0 saturated heterocycles.